The molecule has 0 radical (unpaired) electrons. The molecule has 0 saturated heterocycles. The van der Waals surface area contributed by atoms with E-state index in [1.165, 1.54) is 4.90 Å². The second-order valence-corrected chi connectivity index (χ2v) is 7.58. The van der Waals surface area contributed by atoms with Crippen molar-refractivity contribution < 1.29 is 22.4 Å². The van der Waals surface area contributed by atoms with Crippen LogP contribution in [-0.2, 0) is 12.7 Å². The van der Waals surface area contributed by atoms with Gasteiger partial charge in [-0.25, -0.2) is 9.50 Å². The number of pyridine rings is 1. The van der Waals surface area contributed by atoms with E-state index in [-0.39, 0.29) is 22.2 Å². The van der Waals surface area contributed by atoms with E-state index in [9.17, 15) is 18.0 Å². The van der Waals surface area contributed by atoms with E-state index >= 15 is 0 Å². The number of nitrogens with one attached hydrogen (secondary N) is 1. The summed E-state index contributed by atoms with van der Waals surface area (Å²) in [5, 5.41) is 15.5. The van der Waals surface area contributed by atoms with Crippen LogP contribution in [0.3, 0.4) is 0 Å². The fraction of sp³-hybridized carbons (Fsp3) is 0.200. The molecule has 1 unspecified atom stereocenters. The van der Waals surface area contributed by atoms with Crippen molar-refractivity contribution in [2.75, 3.05) is 6.54 Å². The SMILES string of the molecule is O=C(c1nnc(-c2ccn(C(F)(F)F)n2)o1)N1CCc2[nH]cnc2C1c1cc2ccccn2n1. The number of amides is 1. The van der Waals surface area contributed by atoms with Gasteiger partial charge in [-0.2, -0.15) is 14.9 Å². The Balaban J connectivity index is 1.35. The van der Waals surface area contributed by atoms with Gasteiger partial charge in [0.25, 0.3) is 5.89 Å². The first-order valence-electron chi connectivity index (χ1n) is 10.1. The van der Waals surface area contributed by atoms with Crippen LogP contribution in [-0.4, -0.2) is 56.9 Å². The van der Waals surface area contributed by atoms with Crippen LogP contribution in [0.4, 0.5) is 13.2 Å². The van der Waals surface area contributed by atoms with Gasteiger partial charge in [0, 0.05) is 31.1 Å². The van der Waals surface area contributed by atoms with Gasteiger partial charge in [-0.3, -0.25) is 4.79 Å². The first-order chi connectivity index (χ1) is 16.4. The van der Waals surface area contributed by atoms with Crippen molar-refractivity contribution in [3.05, 3.63) is 72.0 Å². The monoisotopic (exact) mass is 469 g/mol. The third kappa shape index (κ3) is 3.22. The van der Waals surface area contributed by atoms with Crippen molar-refractivity contribution in [2.24, 2.45) is 0 Å². The molecule has 34 heavy (non-hydrogen) atoms. The lowest BCUT2D eigenvalue weighted by atomic mass is 9.99. The Labute approximate surface area is 187 Å². The molecule has 11 nitrogen and oxygen atoms in total. The van der Waals surface area contributed by atoms with E-state index in [4.69, 9.17) is 4.42 Å². The summed E-state index contributed by atoms with van der Waals surface area (Å²) in [7, 11) is 0. The van der Waals surface area contributed by atoms with E-state index in [0.717, 1.165) is 23.5 Å². The molecule has 1 amide bonds. The molecule has 1 aliphatic heterocycles. The number of alkyl halides is 3. The van der Waals surface area contributed by atoms with Gasteiger partial charge in [0.2, 0.25) is 0 Å². The number of carbonyl (C=O) groups is 1. The number of imidazole rings is 1. The lowest BCUT2D eigenvalue weighted by Crippen LogP contribution is -2.41. The van der Waals surface area contributed by atoms with Crippen LogP contribution in [0.15, 0.2) is 53.5 Å². The number of carbonyl (C=O) groups excluding carboxylic acids is 1. The third-order valence-electron chi connectivity index (χ3n) is 5.53. The summed E-state index contributed by atoms with van der Waals surface area (Å²) in [5.74, 6) is -1.26. The molecule has 0 aromatic carbocycles. The van der Waals surface area contributed by atoms with E-state index in [1.807, 2.05) is 24.3 Å². The molecular formula is C20H14F3N9O2. The van der Waals surface area contributed by atoms with Gasteiger partial charge in [0.05, 0.1) is 23.2 Å². The summed E-state index contributed by atoms with van der Waals surface area (Å²) in [6.07, 6.45) is -0.0910. The molecule has 5 aromatic rings. The molecular weight excluding hydrogens is 455 g/mol. The lowest BCUT2D eigenvalue weighted by molar-refractivity contribution is -0.212. The van der Waals surface area contributed by atoms with E-state index in [2.05, 4.69) is 30.4 Å². The number of hydrogen-bond acceptors (Lipinski definition) is 7. The fourth-order valence-electron chi connectivity index (χ4n) is 4.00. The molecule has 0 fully saturated rings. The number of H-pyrrole nitrogens is 1. The number of hydrogen-bond donors (Lipinski definition) is 1. The molecule has 6 heterocycles. The van der Waals surface area contributed by atoms with Gasteiger partial charge >= 0.3 is 18.1 Å². The van der Waals surface area contributed by atoms with Crippen LogP contribution >= 0.6 is 0 Å². The molecule has 0 spiro atoms. The van der Waals surface area contributed by atoms with Crippen molar-refractivity contribution in [3.8, 4) is 11.6 Å². The van der Waals surface area contributed by atoms with E-state index < -0.39 is 18.2 Å². The van der Waals surface area contributed by atoms with Gasteiger partial charge in [-0.1, -0.05) is 6.07 Å². The maximum atomic E-state index is 13.4. The maximum Gasteiger partial charge on any atom is 0.504 e. The Morgan fingerprint density at radius 3 is 2.82 bits per heavy atom. The second kappa shape index (κ2) is 7.26. The van der Waals surface area contributed by atoms with Gasteiger partial charge in [0.1, 0.15) is 11.7 Å². The predicted molar refractivity (Wildman–Crippen MR) is 107 cm³/mol. The van der Waals surface area contributed by atoms with Crippen molar-refractivity contribution in [3.63, 3.8) is 0 Å². The smallest absolute Gasteiger partial charge is 0.411 e. The van der Waals surface area contributed by atoms with Crippen molar-refractivity contribution >= 4 is 11.4 Å². The second-order valence-electron chi connectivity index (χ2n) is 7.58. The average Bonchev–Trinajstić information content (AvgIpc) is 3.61. The third-order valence-corrected chi connectivity index (χ3v) is 5.53. The van der Waals surface area contributed by atoms with Crippen LogP contribution in [0.25, 0.3) is 17.1 Å². The number of fused-ring (bicyclic) bond motifs is 2. The Morgan fingerprint density at radius 2 is 2.03 bits per heavy atom. The van der Waals surface area contributed by atoms with Crippen molar-refractivity contribution in [1.82, 2.24) is 44.5 Å². The number of halogens is 3. The quantitative estimate of drug-likeness (QED) is 0.431. The van der Waals surface area contributed by atoms with Crippen LogP contribution in [0.1, 0.15) is 33.8 Å². The van der Waals surface area contributed by atoms with Crippen LogP contribution in [0, 0.1) is 0 Å². The predicted octanol–water partition coefficient (Wildman–Crippen LogP) is 2.57. The normalized spacial score (nSPS) is 16.2. The molecule has 1 aliphatic rings. The molecule has 172 valence electrons. The summed E-state index contributed by atoms with van der Waals surface area (Å²) in [5.41, 5.74) is 2.76. The minimum absolute atomic E-state index is 0.183. The Hall–Kier alpha value is -4.49. The van der Waals surface area contributed by atoms with Gasteiger partial charge < -0.3 is 14.3 Å². The standard InChI is InChI=1S/C20H14F3N9O2/c21-20(22,23)32-8-5-13(29-32)17-26-27-18(34-17)19(33)30-7-4-12-15(25-10-24-12)16(30)14-9-11-3-1-2-6-31(11)28-14/h1-3,5-6,8-10,16H,4,7H2,(H,24,25). The summed E-state index contributed by atoms with van der Waals surface area (Å²) in [6.45, 7) is 0.312. The highest BCUT2D eigenvalue weighted by Gasteiger charge is 2.38. The summed E-state index contributed by atoms with van der Waals surface area (Å²) in [4.78, 5) is 22.4. The molecule has 1 atom stereocenters. The van der Waals surface area contributed by atoms with Crippen LogP contribution in [0.2, 0.25) is 0 Å². The number of aromatic nitrogens is 8. The van der Waals surface area contributed by atoms with Gasteiger partial charge in [0.15, 0.2) is 0 Å². The molecule has 6 rings (SSSR count). The molecule has 0 saturated carbocycles. The highest BCUT2D eigenvalue weighted by atomic mass is 19.4. The minimum Gasteiger partial charge on any atom is -0.411 e. The number of rotatable bonds is 3. The molecule has 1 N–H and O–H groups in total. The largest absolute Gasteiger partial charge is 0.504 e. The Kier molecular flexibility index (Phi) is 4.30. The zero-order valence-electron chi connectivity index (χ0n) is 17.1. The zero-order chi connectivity index (χ0) is 23.4. The highest BCUT2D eigenvalue weighted by molar-refractivity contribution is 5.90. The summed E-state index contributed by atoms with van der Waals surface area (Å²) >= 11 is 0. The Bertz CT molecular complexity index is 1480. The first-order valence-corrected chi connectivity index (χ1v) is 10.1. The number of nitrogens with zero attached hydrogens (tertiary/aromatic N) is 8. The van der Waals surface area contributed by atoms with Crippen LogP contribution in [0.5, 0.6) is 0 Å². The maximum absolute atomic E-state index is 13.4. The minimum atomic E-state index is -4.69. The molecule has 0 aliphatic carbocycles. The lowest BCUT2D eigenvalue weighted by Gasteiger charge is -2.32. The average molecular weight is 469 g/mol. The molecule has 14 heteroatoms. The number of aromatic amines is 1. The topological polar surface area (TPSA) is 123 Å². The summed E-state index contributed by atoms with van der Waals surface area (Å²) in [6, 6.07) is 7.92. The fourth-order valence-corrected chi connectivity index (χ4v) is 4.00. The van der Waals surface area contributed by atoms with Gasteiger partial charge in [-0.15, -0.1) is 23.4 Å². The van der Waals surface area contributed by atoms with E-state index in [0.29, 0.717) is 24.4 Å². The molecule has 0 bridgehead atoms. The van der Waals surface area contributed by atoms with Crippen molar-refractivity contribution in [1.29, 1.82) is 0 Å². The zero-order valence-corrected chi connectivity index (χ0v) is 17.1. The molecule has 5 aromatic heterocycles. The van der Waals surface area contributed by atoms with Gasteiger partial charge in [-0.05, 0) is 24.3 Å². The highest BCUT2D eigenvalue weighted by Crippen LogP contribution is 2.34. The Morgan fingerprint density at radius 1 is 1.15 bits per heavy atom. The van der Waals surface area contributed by atoms with Crippen molar-refractivity contribution in [2.45, 2.75) is 18.8 Å². The first kappa shape index (κ1) is 20.1. The summed E-state index contributed by atoms with van der Waals surface area (Å²) < 4.78 is 45.4. The van der Waals surface area contributed by atoms with E-state index in [1.54, 1.807) is 17.0 Å². The van der Waals surface area contributed by atoms with Crippen LogP contribution < -0.4 is 0 Å².